The van der Waals surface area contributed by atoms with Gasteiger partial charge in [-0.25, -0.2) is 8.78 Å². The van der Waals surface area contributed by atoms with Gasteiger partial charge in [0.15, 0.2) is 11.5 Å². The van der Waals surface area contributed by atoms with E-state index >= 15 is 0 Å². The van der Waals surface area contributed by atoms with Crippen LogP contribution in [0.25, 0.3) is 6.08 Å². The number of ether oxygens (including phenoxy) is 2. The molecule has 1 N–H and O–H groups in total. The molecule has 5 nitrogen and oxygen atoms in total. The Morgan fingerprint density at radius 3 is 2.44 bits per heavy atom. The lowest BCUT2D eigenvalue weighted by Crippen LogP contribution is -2.13. The lowest BCUT2D eigenvalue weighted by molar-refractivity contribution is -0.112. The third-order valence-corrected chi connectivity index (χ3v) is 3.27. The SMILES string of the molecule is COc1ccc(NC(=O)/C(C#N)=C/c2ccc(F)cc2F)cc1OC. The van der Waals surface area contributed by atoms with Gasteiger partial charge in [0, 0.05) is 23.4 Å². The van der Waals surface area contributed by atoms with Gasteiger partial charge in [-0.3, -0.25) is 4.79 Å². The molecule has 0 atom stereocenters. The summed E-state index contributed by atoms with van der Waals surface area (Å²) >= 11 is 0. The van der Waals surface area contributed by atoms with Crippen LogP contribution in [0.2, 0.25) is 0 Å². The summed E-state index contributed by atoms with van der Waals surface area (Å²) in [6.45, 7) is 0. The minimum absolute atomic E-state index is 0.0691. The minimum atomic E-state index is -0.869. The molecule has 7 heteroatoms. The molecule has 0 fully saturated rings. The van der Waals surface area contributed by atoms with E-state index in [1.54, 1.807) is 18.2 Å². The van der Waals surface area contributed by atoms with Crippen LogP contribution in [0, 0.1) is 23.0 Å². The molecule has 0 aliphatic heterocycles. The fraction of sp³-hybridized carbons (Fsp3) is 0.111. The maximum Gasteiger partial charge on any atom is 0.266 e. The Morgan fingerprint density at radius 2 is 1.84 bits per heavy atom. The van der Waals surface area contributed by atoms with Crippen molar-refractivity contribution < 1.29 is 23.0 Å². The Labute approximate surface area is 143 Å². The van der Waals surface area contributed by atoms with Gasteiger partial charge in [0.05, 0.1) is 14.2 Å². The van der Waals surface area contributed by atoms with Crippen LogP contribution in [0.15, 0.2) is 42.0 Å². The normalized spacial score (nSPS) is 10.8. The molecule has 0 aromatic heterocycles. The zero-order valence-corrected chi connectivity index (χ0v) is 13.5. The van der Waals surface area contributed by atoms with Crippen LogP contribution in [0.1, 0.15) is 5.56 Å². The van der Waals surface area contributed by atoms with Crippen LogP contribution in [0.5, 0.6) is 11.5 Å². The first kappa shape index (κ1) is 17.9. The molecule has 0 saturated heterocycles. The molecule has 0 aliphatic rings. The molecule has 2 rings (SSSR count). The maximum atomic E-state index is 13.7. The molecule has 0 bridgehead atoms. The van der Waals surface area contributed by atoms with Gasteiger partial charge in [-0.2, -0.15) is 5.26 Å². The molecule has 25 heavy (non-hydrogen) atoms. The van der Waals surface area contributed by atoms with Crippen molar-refractivity contribution in [2.45, 2.75) is 0 Å². The molecule has 0 unspecified atom stereocenters. The summed E-state index contributed by atoms with van der Waals surface area (Å²) in [5.74, 6) is -1.48. The number of benzene rings is 2. The van der Waals surface area contributed by atoms with Gasteiger partial charge in [0.2, 0.25) is 0 Å². The van der Waals surface area contributed by atoms with Gasteiger partial charge in [-0.1, -0.05) is 0 Å². The third-order valence-electron chi connectivity index (χ3n) is 3.27. The zero-order valence-electron chi connectivity index (χ0n) is 13.5. The largest absolute Gasteiger partial charge is 0.493 e. The first-order valence-corrected chi connectivity index (χ1v) is 7.08. The number of nitrogens with one attached hydrogen (secondary N) is 1. The minimum Gasteiger partial charge on any atom is -0.493 e. The number of nitrogens with zero attached hydrogens (tertiary/aromatic N) is 1. The molecule has 128 valence electrons. The second kappa shape index (κ2) is 7.93. The van der Waals surface area contributed by atoms with Crippen molar-refractivity contribution in [2.75, 3.05) is 19.5 Å². The van der Waals surface area contributed by atoms with Crippen molar-refractivity contribution >= 4 is 17.7 Å². The van der Waals surface area contributed by atoms with Gasteiger partial charge in [-0.15, -0.1) is 0 Å². The average Bonchev–Trinajstić information content (AvgIpc) is 2.60. The highest BCUT2D eigenvalue weighted by atomic mass is 19.1. The topological polar surface area (TPSA) is 71.3 Å². The van der Waals surface area contributed by atoms with E-state index in [0.29, 0.717) is 23.3 Å². The van der Waals surface area contributed by atoms with Gasteiger partial charge in [-0.05, 0) is 30.3 Å². The fourth-order valence-electron chi connectivity index (χ4n) is 2.04. The highest BCUT2D eigenvalue weighted by molar-refractivity contribution is 6.09. The average molecular weight is 344 g/mol. The molecule has 0 spiro atoms. The number of carbonyl (C=O) groups is 1. The van der Waals surface area contributed by atoms with Crippen LogP contribution in [0.4, 0.5) is 14.5 Å². The number of hydrogen-bond acceptors (Lipinski definition) is 4. The number of amides is 1. The maximum absolute atomic E-state index is 13.7. The summed E-state index contributed by atoms with van der Waals surface area (Å²) in [5, 5.41) is 11.7. The van der Waals surface area contributed by atoms with Crippen LogP contribution >= 0.6 is 0 Å². The third kappa shape index (κ3) is 4.32. The fourth-order valence-corrected chi connectivity index (χ4v) is 2.04. The number of carbonyl (C=O) groups excluding carboxylic acids is 1. The second-order valence-electron chi connectivity index (χ2n) is 4.86. The predicted molar refractivity (Wildman–Crippen MR) is 88.1 cm³/mol. The van der Waals surface area contributed by atoms with Crippen molar-refractivity contribution in [1.29, 1.82) is 5.26 Å². The van der Waals surface area contributed by atoms with Crippen LogP contribution < -0.4 is 14.8 Å². The van der Waals surface area contributed by atoms with E-state index in [4.69, 9.17) is 14.7 Å². The lowest BCUT2D eigenvalue weighted by atomic mass is 10.1. The molecule has 2 aromatic carbocycles. The van der Waals surface area contributed by atoms with E-state index in [2.05, 4.69) is 5.32 Å². The summed E-state index contributed by atoms with van der Waals surface area (Å²) in [6, 6.07) is 9.22. The van der Waals surface area contributed by atoms with Crippen LogP contribution in [0.3, 0.4) is 0 Å². The van der Waals surface area contributed by atoms with Crippen LogP contribution in [-0.4, -0.2) is 20.1 Å². The summed E-state index contributed by atoms with van der Waals surface area (Å²) < 4.78 is 36.8. The number of rotatable bonds is 5. The molecule has 0 heterocycles. The highest BCUT2D eigenvalue weighted by Gasteiger charge is 2.13. The Hall–Kier alpha value is -3.40. The monoisotopic (exact) mass is 344 g/mol. The summed E-state index contributed by atoms with van der Waals surface area (Å²) in [7, 11) is 2.92. The van der Waals surface area contributed by atoms with E-state index in [-0.39, 0.29) is 11.1 Å². The van der Waals surface area contributed by atoms with E-state index in [1.165, 1.54) is 20.3 Å². The quantitative estimate of drug-likeness (QED) is 0.665. The van der Waals surface area contributed by atoms with Crippen LogP contribution in [-0.2, 0) is 4.79 Å². The Morgan fingerprint density at radius 1 is 1.12 bits per heavy atom. The molecular formula is C18H14F2N2O3. The van der Waals surface area contributed by atoms with E-state index in [1.807, 2.05) is 0 Å². The number of anilines is 1. The van der Waals surface area contributed by atoms with Crippen molar-refractivity contribution in [3.63, 3.8) is 0 Å². The molecule has 1 amide bonds. The van der Waals surface area contributed by atoms with E-state index < -0.39 is 17.5 Å². The van der Waals surface area contributed by atoms with E-state index in [0.717, 1.165) is 18.2 Å². The number of halogens is 2. The van der Waals surface area contributed by atoms with Crippen molar-refractivity contribution in [2.24, 2.45) is 0 Å². The van der Waals surface area contributed by atoms with Gasteiger partial charge in [0.25, 0.3) is 5.91 Å². The molecule has 0 aliphatic carbocycles. The number of methoxy groups -OCH3 is 2. The standard InChI is InChI=1S/C18H14F2N2O3/c1-24-16-6-5-14(9-17(16)25-2)22-18(23)12(10-21)7-11-3-4-13(19)8-15(11)20/h3-9H,1-2H3,(H,22,23)/b12-7+. The summed E-state index contributed by atoms with van der Waals surface area (Å²) in [5.41, 5.74) is -0.0379. The smallest absolute Gasteiger partial charge is 0.266 e. The Balaban J connectivity index is 2.26. The zero-order chi connectivity index (χ0) is 18.4. The lowest BCUT2D eigenvalue weighted by Gasteiger charge is -2.10. The summed E-state index contributed by atoms with van der Waals surface area (Å²) in [4.78, 5) is 12.2. The van der Waals surface area contributed by atoms with Crippen molar-refractivity contribution in [3.05, 3.63) is 59.2 Å². The Bertz CT molecular complexity index is 873. The van der Waals surface area contributed by atoms with Crippen molar-refractivity contribution in [1.82, 2.24) is 0 Å². The van der Waals surface area contributed by atoms with E-state index in [9.17, 15) is 13.6 Å². The number of hydrogen-bond donors (Lipinski definition) is 1. The number of nitriles is 1. The van der Waals surface area contributed by atoms with Crippen molar-refractivity contribution in [3.8, 4) is 17.6 Å². The van der Waals surface area contributed by atoms with Gasteiger partial charge in [0.1, 0.15) is 23.3 Å². The Kier molecular flexibility index (Phi) is 5.69. The highest BCUT2D eigenvalue weighted by Crippen LogP contribution is 2.30. The molecule has 2 aromatic rings. The first-order valence-electron chi connectivity index (χ1n) is 7.08. The molecule has 0 radical (unpaired) electrons. The summed E-state index contributed by atoms with van der Waals surface area (Å²) in [6.07, 6.45) is 1.05. The first-order chi connectivity index (χ1) is 12.0. The molecular weight excluding hydrogens is 330 g/mol. The van der Waals surface area contributed by atoms with Gasteiger partial charge >= 0.3 is 0 Å². The predicted octanol–water partition coefficient (Wildman–Crippen LogP) is 3.53. The molecule has 0 saturated carbocycles. The second-order valence-corrected chi connectivity index (χ2v) is 4.86. The van der Waals surface area contributed by atoms with Gasteiger partial charge < -0.3 is 14.8 Å².